The number of aliphatic carboxylic acids is 1. The Hall–Kier alpha value is -3.72. The van der Waals surface area contributed by atoms with Crippen molar-refractivity contribution < 1.29 is 28.6 Å². The minimum atomic E-state index is -1.35. The van der Waals surface area contributed by atoms with Gasteiger partial charge in [0.15, 0.2) is 17.7 Å². The average molecular weight is 606 g/mol. The van der Waals surface area contributed by atoms with E-state index in [1.54, 1.807) is 33.8 Å². The number of nitrogens with one attached hydrogen (secondary N) is 1. The molecule has 1 aliphatic heterocycles. The van der Waals surface area contributed by atoms with E-state index in [0.717, 1.165) is 30.4 Å². The Bertz CT molecular complexity index is 1610. The zero-order chi connectivity index (χ0) is 31.8. The lowest BCUT2D eigenvalue weighted by atomic mass is 9.86. The van der Waals surface area contributed by atoms with Crippen LogP contribution in [0.2, 0.25) is 0 Å². The summed E-state index contributed by atoms with van der Waals surface area (Å²) in [5.41, 5.74) is 4.13. The molecule has 3 heterocycles. The number of aryl methyl sites for hydroxylation is 2. The van der Waals surface area contributed by atoms with Gasteiger partial charge in [0.2, 0.25) is 5.91 Å². The van der Waals surface area contributed by atoms with Crippen LogP contribution in [-0.2, 0) is 27.8 Å². The number of rotatable bonds is 8. The Morgan fingerprint density at radius 3 is 2.61 bits per heavy atom. The van der Waals surface area contributed by atoms with Gasteiger partial charge < -0.3 is 24.5 Å². The molecule has 2 aliphatic rings. The number of pyridine rings is 1. The number of carboxylic acids is 1. The van der Waals surface area contributed by atoms with Crippen LogP contribution in [0.15, 0.2) is 18.2 Å². The number of fused-ring (bicyclic) bond motifs is 2. The number of amides is 1. The van der Waals surface area contributed by atoms with Gasteiger partial charge >= 0.3 is 5.97 Å². The second-order valence-corrected chi connectivity index (χ2v) is 13.2. The molecule has 0 bridgehead atoms. The lowest BCUT2D eigenvalue weighted by Gasteiger charge is -2.29. The number of hydrogen-bond acceptors (Lipinski definition) is 5. The standard InChI is InChI=1S/C35H44FN3O5/c1-20-24-13-10-16-43-31(24)27(36)18-25(20)30-26-17-23(14-15-28(40)37-19-22-11-8-7-9-12-22)39(6)33(26)38-21(2)29(30)32(34(41)42)44-35(3,4)5/h14-15,17-18,22,32H,7-13,16,19H2,1-6H3,(H,37,40)(H,41,42)/b15-14+/t32-/m0/s1. The third kappa shape index (κ3) is 6.53. The van der Waals surface area contributed by atoms with Gasteiger partial charge in [-0.25, -0.2) is 14.2 Å². The summed E-state index contributed by atoms with van der Waals surface area (Å²) < 4.78 is 29.3. The van der Waals surface area contributed by atoms with Crippen molar-refractivity contribution in [2.75, 3.05) is 13.2 Å². The molecule has 2 aromatic heterocycles. The van der Waals surface area contributed by atoms with Crippen LogP contribution in [0, 0.1) is 25.6 Å². The zero-order valence-corrected chi connectivity index (χ0v) is 26.7. The molecule has 1 amide bonds. The second-order valence-electron chi connectivity index (χ2n) is 13.2. The largest absolute Gasteiger partial charge is 0.490 e. The summed E-state index contributed by atoms with van der Waals surface area (Å²) in [6.07, 6.45) is 9.34. The molecule has 3 aromatic rings. The molecule has 0 spiro atoms. The monoisotopic (exact) mass is 605 g/mol. The number of aromatic nitrogens is 2. The third-order valence-corrected chi connectivity index (χ3v) is 8.80. The fourth-order valence-electron chi connectivity index (χ4n) is 6.61. The molecule has 0 unspecified atom stereocenters. The Morgan fingerprint density at radius 1 is 1.20 bits per heavy atom. The summed E-state index contributed by atoms with van der Waals surface area (Å²) in [6, 6.07) is 3.32. The maximum atomic E-state index is 15.6. The Labute approximate surface area is 258 Å². The lowest BCUT2D eigenvalue weighted by Crippen LogP contribution is -2.28. The van der Waals surface area contributed by atoms with Crippen LogP contribution in [-0.4, -0.2) is 45.3 Å². The van der Waals surface area contributed by atoms with Crippen LogP contribution in [0.5, 0.6) is 5.75 Å². The van der Waals surface area contributed by atoms with Crippen molar-refractivity contribution in [3.63, 3.8) is 0 Å². The smallest absolute Gasteiger partial charge is 0.337 e. The van der Waals surface area contributed by atoms with E-state index in [4.69, 9.17) is 14.5 Å². The van der Waals surface area contributed by atoms with Crippen LogP contribution in [0.4, 0.5) is 4.39 Å². The van der Waals surface area contributed by atoms with Crippen LogP contribution in [0.1, 0.15) is 93.5 Å². The molecule has 0 saturated heterocycles. The maximum absolute atomic E-state index is 15.6. The van der Waals surface area contributed by atoms with Gasteiger partial charge in [0, 0.05) is 53.1 Å². The number of benzene rings is 1. The fourth-order valence-corrected chi connectivity index (χ4v) is 6.61. The molecule has 236 valence electrons. The molecule has 9 heteroatoms. The average Bonchev–Trinajstić information content (AvgIpc) is 3.29. The second kappa shape index (κ2) is 12.7. The Morgan fingerprint density at radius 2 is 1.93 bits per heavy atom. The highest BCUT2D eigenvalue weighted by atomic mass is 19.1. The number of carbonyl (C=O) groups excluding carboxylic acids is 1. The number of halogens is 1. The highest BCUT2D eigenvalue weighted by molar-refractivity contribution is 6.01. The summed E-state index contributed by atoms with van der Waals surface area (Å²) in [7, 11) is 1.85. The number of hydrogen-bond donors (Lipinski definition) is 2. The molecule has 1 aromatic carbocycles. The molecule has 5 rings (SSSR count). The Kier molecular flexibility index (Phi) is 9.16. The molecule has 1 aliphatic carbocycles. The van der Waals surface area contributed by atoms with Crippen molar-refractivity contribution in [3.8, 4) is 16.9 Å². The molecule has 1 atom stereocenters. The van der Waals surface area contributed by atoms with Crippen molar-refractivity contribution >= 4 is 29.0 Å². The normalized spacial score (nSPS) is 16.6. The van der Waals surface area contributed by atoms with Crippen LogP contribution < -0.4 is 10.1 Å². The van der Waals surface area contributed by atoms with Gasteiger partial charge in [-0.15, -0.1) is 0 Å². The van der Waals surface area contributed by atoms with E-state index in [2.05, 4.69) is 5.32 Å². The van der Waals surface area contributed by atoms with Crippen molar-refractivity contribution in [2.45, 2.75) is 91.3 Å². The van der Waals surface area contributed by atoms with E-state index in [-0.39, 0.29) is 11.7 Å². The van der Waals surface area contributed by atoms with Gasteiger partial charge in [0.05, 0.1) is 12.2 Å². The van der Waals surface area contributed by atoms with Crippen molar-refractivity contribution in [1.29, 1.82) is 0 Å². The first-order valence-corrected chi connectivity index (χ1v) is 15.7. The van der Waals surface area contributed by atoms with Gasteiger partial charge in [0.25, 0.3) is 0 Å². The van der Waals surface area contributed by atoms with E-state index in [9.17, 15) is 14.7 Å². The van der Waals surface area contributed by atoms with Crippen molar-refractivity contribution in [2.24, 2.45) is 13.0 Å². The van der Waals surface area contributed by atoms with Crippen LogP contribution >= 0.6 is 0 Å². The molecular weight excluding hydrogens is 561 g/mol. The summed E-state index contributed by atoms with van der Waals surface area (Å²) in [5, 5.41) is 14.1. The van der Waals surface area contributed by atoms with E-state index >= 15 is 4.39 Å². The summed E-state index contributed by atoms with van der Waals surface area (Å²) >= 11 is 0. The van der Waals surface area contributed by atoms with Gasteiger partial charge in [0.1, 0.15) is 5.65 Å². The van der Waals surface area contributed by atoms with Crippen LogP contribution in [0.3, 0.4) is 0 Å². The van der Waals surface area contributed by atoms with Crippen molar-refractivity contribution in [1.82, 2.24) is 14.9 Å². The van der Waals surface area contributed by atoms with Gasteiger partial charge in [-0.3, -0.25) is 4.79 Å². The van der Waals surface area contributed by atoms with Gasteiger partial charge in [-0.2, -0.15) is 0 Å². The van der Waals surface area contributed by atoms with Gasteiger partial charge in [-0.05, 0) is 95.6 Å². The highest BCUT2D eigenvalue weighted by Crippen LogP contribution is 2.45. The van der Waals surface area contributed by atoms with E-state index in [1.165, 1.54) is 31.4 Å². The molecular formula is C35H44FN3O5. The van der Waals surface area contributed by atoms with Crippen molar-refractivity contribution in [3.05, 3.63) is 52.1 Å². The molecule has 8 nitrogen and oxygen atoms in total. The third-order valence-electron chi connectivity index (χ3n) is 8.80. The first-order chi connectivity index (χ1) is 20.9. The summed E-state index contributed by atoms with van der Waals surface area (Å²) in [5.74, 6) is -1.02. The minimum Gasteiger partial charge on any atom is -0.490 e. The molecule has 0 radical (unpaired) electrons. The predicted molar refractivity (Wildman–Crippen MR) is 169 cm³/mol. The topological polar surface area (TPSA) is 103 Å². The highest BCUT2D eigenvalue weighted by Gasteiger charge is 2.34. The minimum absolute atomic E-state index is 0.164. The zero-order valence-electron chi connectivity index (χ0n) is 26.7. The quantitative estimate of drug-likeness (QED) is 0.269. The molecule has 1 fully saturated rings. The maximum Gasteiger partial charge on any atom is 0.337 e. The lowest BCUT2D eigenvalue weighted by molar-refractivity contribution is -0.160. The molecule has 44 heavy (non-hydrogen) atoms. The Balaban J connectivity index is 1.65. The van der Waals surface area contributed by atoms with Crippen LogP contribution in [0.25, 0.3) is 28.2 Å². The van der Waals surface area contributed by atoms with E-state index < -0.39 is 23.5 Å². The summed E-state index contributed by atoms with van der Waals surface area (Å²) in [6.45, 7) is 10.2. The van der Waals surface area contributed by atoms with E-state index in [1.807, 2.05) is 24.6 Å². The first-order valence-electron chi connectivity index (χ1n) is 15.7. The number of ether oxygens (including phenoxy) is 2. The predicted octanol–water partition coefficient (Wildman–Crippen LogP) is 6.97. The van der Waals surface area contributed by atoms with E-state index in [0.29, 0.717) is 64.6 Å². The SMILES string of the molecule is Cc1nc2c(cc(/C=C/C(=O)NCC3CCCCC3)n2C)c(-c2cc(F)c3c(c2C)CCCO3)c1[C@H](OC(C)(C)C)C(=O)O. The number of nitrogens with zero attached hydrogens (tertiary/aromatic N) is 2. The molecule has 2 N–H and O–H groups in total. The number of carboxylic acid groups (broad SMARTS) is 1. The number of carbonyl (C=O) groups is 2. The van der Waals surface area contributed by atoms with Gasteiger partial charge in [-0.1, -0.05) is 19.3 Å². The first kappa shape index (κ1) is 31.7. The summed E-state index contributed by atoms with van der Waals surface area (Å²) in [4.78, 5) is 30.3. The molecule has 1 saturated carbocycles. The fraction of sp³-hybridized carbons (Fsp3) is 0.514.